The van der Waals surface area contributed by atoms with Crippen molar-refractivity contribution in [2.75, 3.05) is 5.32 Å². The molecular weight excluding hydrogens is 340 g/mol. The molecule has 0 saturated heterocycles. The number of hydrogen-bond acceptors (Lipinski definition) is 2. The zero-order valence-electron chi connectivity index (χ0n) is 11.6. The number of aromatic nitrogens is 2. The van der Waals surface area contributed by atoms with E-state index in [4.69, 9.17) is 23.2 Å². The molecule has 0 unspecified atom stereocenters. The van der Waals surface area contributed by atoms with Gasteiger partial charge in [0.2, 0.25) is 0 Å². The molecule has 1 amide bonds. The van der Waals surface area contributed by atoms with Crippen molar-refractivity contribution in [1.82, 2.24) is 10.2 Å². The van der Waals surface area contributed by atoms with Crippen LogP contribution in [0.1, 0.15) is 10.5 Å². The minimum absolute atomic E-state index is 0.0355. The Hall–Kier alpha value is -2.37. The van der Waals surface area contributed by atoms with E-state index < -0.39 is 11.7 Å². The summed E-state index contributed by atoms with van der Waals surface area (Å²) in [4.78, 5) is 12.2. The summed E-state index contributed by atoms with van der Waals surface area (Å²) < 4.78 is 13.7. The Morgan fingerprint density at radius 2 is 1.91 bits per heavy atom. The van der Waals surface area contributed by atoms with Crippen LogP contribution in [0.3, 0.4) is 0 Å². The van der Waals surface area contributed by atoms with Crippen LogP contribution in [0.25, 0.3) is 11.3 Å². The van der Waals surface area contributed by atoms with Gasteiger partial charge >= 0.3 is 0 Å². The minimum Gasteiger partial charge on any atom is -0.318 e. The average molecular weight is 350 g/mol. The maximum absolute atomic E-state index is 13.7. The van der Waals surface area contributed by atoms with Gasteiger partial charge in [0.1, 0.15) is 11.5 Å². The Bertz CT molecular complexity index is 879. The SMILES string of the molecule is O=C(Nc1ccc(Cl)cc1F)c1cc(-c2ccccc2Cl)n[nH]1. The zero-order valence-corrected chi connectivity index (χ0v) is 13.1. The number of carbonyl (C=O) groups is 1. The van der Waals surface area contributed by atoms with Crippen LogP contribution in [0.4, 0.5) is 10.1 Å². The van der Waals surface area contributed by atoms with Gasteiger partial charge in [-0.3, -0.25) is 9.89 Å². The van der Waals surface area contributed by atoms with Gasteiger partial charge in [-0.1, -0.05) is 41.4 Å². The van der Waals surface area contributed by atoms with Crippen LogP contribution < -0.4 is 5.32 Å². The first-order valence-corrected chi connectivity index (χ1v) is 7.37. The number of carbonyl (C=O) groups excluding carboxylic acids is 1. The number of benzene rings is 2. The largest absolute Gasteiger partial charge is 0.318 e. The fraction of sp³-hybridized carbons (Fsp3) is 0. The lowest BCUT2D eigenvalue weighted by molar-refractivity contribution is 0.102. The molecule has 2 aromatic carbocycles. The average Bonchev–Trinajstić information content (AvgIpc) is 3.00. The van der Waals surface area contributed by atoms with E-state index in [1.54, 1.807) is 24.3 Å². The highest BCUT2D eigenvalue weighted by molar-refractivity contribution is 6.33. The van der Waals surface area contributed by atoms with Gasteiger partial charge in [0, 0.05) is 10.6 Å². The van der Waals surface area contributed by atoms with Crippen LogP contribution in [-0.4, -0.2) is 16.1 Å². The Morgan fingerprint density at radius 1 is 1.13 bits per heavy atom. The molecule has 7 heteroatoms. The summed E-state index contributed by atoms with van der Waals surface area (Å²) in [5, 5.41) is 9.91. The Morgan fingerprint density at radius 3 is 2.65 bits per heavy atom. The first-order valence-electron chi connectivity index (χ1n) is 6.61. The smallest absolute Gasteiger partial charge is 0.273 e. The lowest BCUT2D eigenvalue weighted by atomic mass is 10.1. The van der Waals surface area contributed by atoms with E-state index in [9.17, 15) is 9.18 Å². The Kier molecular flexibility index (Phi) is 4.32. The van der Waals surface area contributed by atoms with Gasteiger partial charge in [0.05, 0.1) is 16.4 Å². The highest BCUT2D eigenvalue weighted by Gasteiger charge is 2.14. The normalized spacial score (nSPS) is 10.6. The van der Waals surface area contributed by atoms with Gasteiger partial charge in [0.15, 0.2) is 0 Å². The Labute approximate surface area is 141 Å². The summed E-state index contributed by atoms with van der Waals surface area (Å²) in [6.07, 6.45) is 0. The van der Waals surface area contributed by atoms with E-state index in [1.807, 2.05) is 6.07 Å². The highest BCUT2D eigenvalue weighted by atomic mass is 35.5. The molecule has 0 aliphatic carbocycles. The van der Waals surface area contributed by atoms with Crippen LogP contribution in [0.15, 0.2) is 48.5 Å². The fourth-order valence-corrected chi connectivity index (χ4v) is 2.42. The van der Waals surface area contributed by atoms with Crippen LogP contribution >= 0.6 is 23.2 Å². The van der Waals surface area contributed by atoms with Crippen LogP contribution in [-0.2, 0) is 0 Å². The molecule has 0 aliphatic heterocycles. The van der Waals surface area contributed by atoms with Crippen molar-refractivity contribution in [3.8, 4) is 11.3 Å². The summed E-state index contributed by atoms with van der Waals surface area (Å²) in [7, 11) is 0. The monoisotopic (exact) mass is 349 g/mol. The molecule has 1 heterocycles. The highest BCUT2D eigenvalue weighted by Crippen LogP contribution is 2.26. The molecule has 0 saturated carbocycles. The molecule has 0 fully saturated rings. The summed E-state index contributed by atoms with van der Waals surface area (Å²) >= 11 is 11.8. The third kappa shape index (κ3) is 3.36. The molecule has 23 heavy (non-hydrogen) atoms. The molecule has 0 aliphatic rings. The third-order valence-corrected chi connectivity index (χ3v) is 3.72. The van der Waals surface area contributed by atoms with Gasteiger partial charge < -0.3 is 5.32 Å². The molecule has 0 spiro atoms. The number of hydrogen-bond donors (Lipinski definition) is 2. The van der Waals surface area contributed by atoms with Crippen molar-refractivity contribution in [1.29, 1.82) is 0 Å². The van der Waals surface area contributed by atoms with Gasteiger partial charge in [-0.2, -0.15) is 5.10 Å². The second-order valence-electron chi connectivity index (χ2n) is 4.72. The molecule has 0 radical (unpaired) electrons. The van der Waals surface area contributed by atoms with E-state index in [-0.39, 0.29) is 16.4 Å². The number of nitrogens with one attached hydrogen (secondary N) is 2. The predicted molar refractivity (Wildman–Crippen MR) is 88.4 cm³/mol. The number of halogens is 3. The summed E-state index contributed by atoms with van der Waals surface area (Å²) in [6.45, 7) is 0. The summed E-state index contributed by atoms with van der Waals surface area (Å²) in [6, 6.07) is 12.7. The number of anilines is 1. The maximum atomic E-state index is 13.7. The molecule has 0 bridgehead atoms. The van der Waals surface area contributed by atoms with Crippen LogP contribution in [0.5, 0.6) is 0 Å². The predicted octanol–water partition coefficient (Wildman–Crippen LogP) is 4.77. The second kappa shape index (κ2) is 6.40. The van der Waals surface area contributed by atoms with E-state index in [0.717, 1.165) is 6.07 Å². The number of nitrogens with zero attached hydrogens (tertiary/aromatic N) is 1. The molecule has 1 aromatic heterocycles. The van der Waals surface area contributed by atoms with Crippen LogP contribution in [0.2, 0.25) is 10.0 Å². The molecule has 3 aromatic rings. The molecule has 4 nitrogen and oxygen atoms in total. The molecule has 0 atom stereocenters. The minimum atomic E-state index is -0.614. The fourth-order valence-electron chi connectivity index (χ4n) is 2.03. The van der Waals surface area contributed by atoms with Crippen molar-refractivity contribution >= 4 is 34.8 Å². The first-order chi connectivity index (χ1) is 11.0. The lowest BCUT2D eigenvalue weighted by Crippen LogP contribution is -2.13. The number of amides is 1. The second-order valence-corrected chi connectivity index (χ2v) is 5.57. The van der Waals surface area contributed by atoms with Gasteiger partial charge in [-0.15, -0.1) is 0 Å². The number of H-pyrrole nitrogens is 1. The zero-order chi connectivity index (χ0) is 16.4. The lowest BCUT2D eigenvalue weighted by Gasteiger charge is -2.04. The van der Waals surface area contributed by atoms with E-state index in [0.29, 0.717) is 16.3 Å². The van der Waals surface area contributed by atoms with Gasteiger partial charge in [-0.25, -0.2) is 4.39 Å². The van der Waals surface area contributed by atoms with Gasteiger partial charge in [-0.05, 0) is 30.3 Å². The summed E-state index contributed by atoms with van der Waals surface area (Å²) in [5.74, 6) is -1.13. The van der Waals surface area contributed by atoms with E-state index in [2.05, 4.69) is 15.5 Å². The molecular formula is C16H10Cl2FN3O. The molecule has 3 rings (SSSR count). The third-order valence-electron chi connectivity index (χ3n) is 3.15. The molecule has 2 N–H and O–H groups in total. The van der Waals surface area contributed by atoms with Crippen molar-refractivity contribution in [2.24, 2.45) is 0 Å². The maximum Gasteiger partial charge on any atom is 0.273 e. The van der Waals surface area contributed by atoms with Crippen LogP contribution in [0, 0.1) is 5.82 Å². The topological polar surface area (TPSA) is 57.8 Å². The van der Waals surface area contributed by atoms with Crippen molar-refractivity contribution in [3.63, 3.8) is 0 Å². The van der Waals surface area contributed by atoms with Crippen molar-refractivity contribution in [3.05, 3.63) is 70.1 Å². The standard InChI is InChI=1S/C16H10Cl2FN3O/c17-9-5-6-13(12(19)7-9)20-16(23)15-8-14(21-22-15)10-3-1-2-4-11(10)18/h1-8H,(H,20,23)(H,21,22). The number of aromatic amines is 1. The van der Waals surface area contributed by atoms with E-state index >= 15 is 0 Å². The number of rotatable bonds is 3. The molecule has 116 valence electrons. The van der Waals surface area contributed by atoms with E-state index in [1.165, 1.54) is 12.1 Å². The quantitative estimate of drug-likeness (QED) is 0.715. The van der Waals surface area contributed by atoms with Crippen molar-refractivity contribution < 1.29 is 9.18 Å². The Balaban J connectivity index is 1.83. The summed E-state index contributed by atoms with van der Waals surface area (Å²) in [5.41, 5.74) is 1.45. The van der Waals surface area contributed by atoms with Crippen molar-refractivity contribution in [2.45, 2.75) is 0 Å². The van der Waals surface area contributed by atoms with Gasteiger partial charge in [0.25, 0.3) is 5.91 Å². The first kappa shape index (κ1) is 15.5.